The molecular formula is C14H18N4O2S. The van der Waals surface area contributed by atoms with Crippen LogP contribution in [-0.2, 0) is 10.0 Å². The van der Waals surface area contributed by atoms with E-state index in [1.165, 1.54) is 7.05 Å². The highest BCUT2D eigenvalue weighted by Crippen LogP contribution is 2.31. The SMILES string of the molecule is CNS(=O)(=O)c1ccccc1N1CCC(n2cccn2)C1. The summed E-state index contributed by atoms with van der Waals surface area (Å²) in [6.45, 7) is 1.58. The summed E-state index contributed by atoms with van der Waals surface area (Å²) >= 11 is 0. The van der Waals surface area contributed by atoms with Gasteiger partial charge in [0.1, 0.15) is 4.90 Å². The van der Waals surface area contributed by atoms with Gasteiger partial charge in [0.05, 0.1) is 11.7 Å². The van der Waals surface area contributed by atoms with Crippen molar-refractivity contribution in [3.63, 3.8) is 0 Å². The third-order valence-electron chi connectivity index (χ3n) is 3.83. The van der Waals surface area contributed by atoms with Gasteiger partial charge in [0.2, 0.25) is 10.0 Å². The van der Waals surface area contributed by atoms with Crippen LogP contribution in [0.15, 0.2) is 47.6 Å². The van der Waals surface area contributed by atoms with Crippen molar-refractivity contribution in [3.05, 3.63) is 42.7 Å². The van der Waals surface area contributed by atoms with Crippen molar-refractivity contribution in [2.45, 2.75) is 17.4 Å². The van der Waals surface area contributed by atoms with Crippen LogP contribution in [0.1, 0.15) is 12.5 Å². The molecule has 7 heteroatoms. The zero-order valence-electron chi connectivity index (χ0n) is 11.8. The summed E-state index contributed by atoms with van der Waals surface area (Å²) < 4.78 is 28.6. The molecule has 3 rings (SSSR count). The summed E-state index contributed by atoms with van der Waals surface area (Å²) in [4.78, 5) is 2.44. The highest BCUT2D eigenvalue weighted by Gasteiger charge is 2.28. The van der Waals surface area contributed by atoms with Crippen LogP contribution >= 0.6 is 0 Å². The molecule has 1 saturated heterocycles. The van der Waals surface area contributed by atoms with E-state index in [0.717, 1.165) is 25.2 Å². The first kappa shape index (κ1) is 14.1. The first-order chi connectivity index (χ1) is 10.1. The van der Waals surface area contributed by atoms with Crippen molar-refractivity contribution in [2.75, 3.05) is 25.0 Å². The summed E-state index contributed by atoms with van der Waals surface area (Å²) in [5, 5.41) is 4.27. The Morgan fingerprint density at radius 3 is 2.81 bits per heavy atom. The van der Waals surface area contributed by atoms with Crippen LogP contribution in [0.4, 0.5) is 5.69 Å². The number of hydrogen-bond acceptors (Lipinski definition) is 4. The number of rotatable bonds is 4. The van der Waals surface area contributed by atoms with Crippen LogP contribution in [0.25, 0.3) is 0 Å². The largest absolute Gasteiger partial charge is 0.368 e. The zero-order chi connectivity index (χ0) is 14.9. The Morgan fingerprint density at radius 2 is 2.10 bits per heavy atom. The third-order valence-corrected chi connectivity index (χ3v) is 5.29. The minimum Gasteiger partial charge on any atom is -0.368 e. The molecule has 6 nitrogen and oxygen atoms in total. The van der Waals surface area contributed by atoms with Crippen LogP contribution < -0.4 is 9.62 Å². The number of nitrogens with one attached hydrogen (secondary N) is 1. The Hall–Kier alpha value is -1.86. The van der Waals surface area contributed by atoms with Gasteiger partial charge in [0.25, 0.3) is 0 Å². The topological polar surface area (TPSA) is 67.2 Å². The van der Waals surface area contributed by atoms with Gasteiger partial charge in [-0.1, -0.05) is 12.1 Å². The van der Waals surface area contributed by atoms with Crippen LogP contribution in [0.3, 0.4) is 0 Å². The van der Waals surface area contributed by atoms with Gasteiger partial charge < -0.3 is 4.90 Å². The van der Waals surface area contributed by atoms with E-state index in [9.17, 15) is 8.42 Å². The Morgan fingerprint density at radius 1 is 1.29 bits per heavy atom. The highest BCUT2D eigenvalue weighted by molar-refractivity contribution is 7.89. The molecule has 1 unspecified atom stereocenters. The third kappa shape index (κ3) is 2.66. The Kier molecular flexibility index (Phi) is 3.69. The van der Waals surface area contributed by atoms with Crippen molar-refractivity contribution >= 4 is 15.7 Å². The molecule has 1 fully saturated rings. The molecule has 0 spiro atoms. The normalized spacial score (nSPS) is 19.1. The Labute approximate surface area is 124 Å². The Bertz CT molecular complexity index is 712. The predicted octanol–water partition coefficient (Wildman–Crippen LogP) is 1.24. The maximum Gasteiger partial charge on any atom is 0.242 e. The van der Waals surface area contributed by atoms with E-state index in [2.05, 4.69) is 14.7 Å². The molecule has 1 N–H and O–H groups in total. The summed E-state index contributed by atoms with van der Waals surface area (Å²) in [7, 11) is -2.02. The predicted molar refractivity (Wildman–Crippen MR) is 80.8 cm³/mol. The molecule has 1 aromatic heterocycles. The highest BCUT2D eigenvalue weighted by atomic mass is 32.2. The van der Waals surface area contributed by atoms with E-state index in [1.54, 1.807) is 18.3 Å². The second-order valence-electron chi connectivity index (χ2n) is 5.05. The lowest BCUT2D eigenvalue weighted by molar-refractivity contribution is 0.494. The molecule has 0 saturated carbocycles. The fourth-order valence-electron chi connectivity index (χ4n) is 2.73. The lowest BCUT2D eigenvalue weighted by Gasteiger charge is -2.21. The van der Waals surface area contributed by atoms with Crippen molar-refractivity contribution < 1.29 is 8.42 Å². The van der Waals surface area contributed by atoms with Crippen molar-refractivity contribution in [1.29, 1.82) is 0 Å². The number of sulfonamides is 1. The van der Waals surface area contributed by atoms with Crippen LogP contribution in [0.2, 0.25) is 0 Å². The van der Waals surface area contributed by atoms with Gasteiger partial charge in [-0.2, -0.15) is 5.10 Å². The van der Waals surface area contributed by atoms with Gasteiger partial charge in [0.15, 0.2) is 0 Å². The molecule has 1 aliphatic heterocycles. The maximum atomic E-state index is 12.1. The van der Waals surface area contributed by atoms with E-state index in [0.29, 0.717) is 4.90 Å². The molecule has 0 amide bonds. The molecule has 1 atom stereocenters. The second kappa shape index (κ2) is 5.50. The van der Waals surface area contributed by atoms with Crippen molar-refractivity contribution in [1.82, 2.24) is 14.5 Å². The average molecular weight is 306 g/mol. The second-order valence-corrected chi connectivity index (χ2v) is 6.90. The lowest BCUT2D eigenvalue weighted by Crippen LogP contribution is -2.26. The average Bonchev–Trinajstić information content (AvgIpc) is 3.18. The van der Waals surface area contributed by atoms with Crippen molar-refractivity contribution in [2.24, 2.45) is 0 Å². The summed E-state index contributed by atoms with van der Waals surface area (Å²) in [6.07, 6.45) is 4.67. The number of anilines is 1. The molecule has 1 aliphatic rings. The number of para-hydroxylation sites is 1. The van der Waals surface area contributed by atoms with E-state index in [1.807, 2.05) is 29.1 Å². The molecule has 0 aliphatic carbocycles. The number of nitrogens with zero attached hydrogens (tertiary/aromatic N) is 3. The number of aromatic nitrogens is 2. The first-order valence-corrected chi connectivity index (χ1v) is 8.37. The van der Waals surface area contributed by atoms with E-state index >= 15 is 0 Å². The number of hydrogen-bond donors (Lipinski definition) is 1. The number of benzene rings is 1. The fourth-order valence-corrected chi connectivity index (χ4v) is 3.68. The summed E-state index contributed by atoms with van der Waals surface area (Å²) in [6, 6.07) is 9.30. The molecule has 2 aromatic rings. The van der Waals surface area contributed by atoms with Gasteiger partial charge in [-0.15, -0.1) is 0 Å². The van der Waals surface area contributed by atoms with Gasteiger partial charge in [0, 0.05) is 25.5 Å². The van der Waals surface area contributed by atoms with E-state index in [-0.39, 0.29) is 6.04 Å². The summed E-state index contributed by atoms with van der Waals surface area (Å²) in [5.41, 5.74) is 0.751. The monoisotopic (exact) mass is 306 g/mol. The minimum atomic E-state index is -3.45. The van der Waals surface area contributed by atoms with Crippen LogP contribution in [0.5, 0.6) is 0 Å². The fraction of sp³-hybridized carbons (Fsp3) is 0.357. The molecule has 0 radical (unpaired) electrons. The van der Waals surface area contributed by atoms with Gasteiger partial charge >= 0.3 is 0 Å². The van der Waals surface area contributed by atoms with E-state index < -0.39 is 10.0 Å². The summed E-state index contributed by atoms with van der Waals surface area (Å²) in [5.74, 6) is 0. The quantitative estimate of drug-likeness (QED) is 0.923. The standard InChI is InChI=1S/C14H18N4O2S/c1-15-21(19,20)14-6-3-2-5-13(14)17-10-7-12(11-17)18-9-4-8-16-18/h2-6,8-9,12,15H,7,10-11H2,1H3. The maximum absolute atomic E-state index is 12.1. The van der Waals surface area contributed by atoms with Crippen LogP contribution in [0, 0.1) is 0 Å². The molecular weight excluding hydrogens is 288 g/mol. The molecule has 112 valence electrons. The van der Waals surface area contributed by atoms with Crippen LogP contribution in [-0.4, -0.2) is 38.3 Å². The molecule has 0 bridgehead atoms. The molecule has 1 aromatic carbocycles. The lowest BCUT2D eigenvalue weighted by atomic mass is 10.3. The van der Waals surface area contributed by atoms with E-state index in [4.69, 9.17) is 0 Å². The molecule has 21 heavy (non-hydrogen) atoms. The zero-order valence-corrected chi connectivity index (χ0v) is 12.6. The van der Waals surface area contributed by atoms with Gasteiger partial charge in [-0.25, -0.2) is 13.1 Å². The molecule has 2 heterocycles. The van der Waals surface area contributed by atoms with Crippen molar-refractivity contribution in [3.8, 4) is 0 Å². The Balaban J connectivity index is 1.89. The van der Waals surface area contributed by atoms with Gasteiger partial charge in [-0.3, -0.25) is 4.68 Å². The van der Waals surface area contributed by atoms with Gasteiger partial charge in [-0.05, 0) is 31.7 Å². The first-order valence-electron chi connectivity index (χ1n) is 6.88. The smallest absolute Gasteiger partial charge is 0.242 e. The minimum absolute atomic E-state index is 0.283.